The molecule has 2 rings (SSSR count). The number of rotatable bonds is 5. The molecular weight excluding hydrogens is 325 g/mol. The van der Waals surface area contributed by atoms with Crippen molar-refractivity contribution in [3.05, 3.63) is 63.9 Å². The Balaban J connectivity index is 2.20. The van der Waals surface area contributed by atoms with Gasteiger partial charge in [-0.15, -0.1) is 0 Å². The van der Waals surface area contributed by atoms with Crippen molar-refractivity contribution >= 4 is 27.1 Å². The summed E-state index contributed by atoms with van der Waals surface area (Å²) in [6.07, 6.45) is 1.21. The van der Waals surface area contributed by atoms with Crippen LogP contribution in [0.1, 0.15) is 16.7 Å². The van der Waals surface area contributed by atoms with Gasteiger partial charge < -0.3 is 5.32 Å². The Bertz CT molecular complexity index is 791. The Labute approximate surface area is 135 Å². The third-order valence-corrected chi connectivity index (χ3v) is 4.54. The quantitative estimate of drug-likeness (QED) is 0.895. The first-order valence-electron chi connectivity index (χ1n) is 6.70. The van der Waals surface area contributed by atoms with Crippen molar-refractivity contribution < 1.29 is 12.8 Å². The molecule has 0 radical (unpaired) electrons. The molecule has 0 bridgehead atoms. The first kappa shape index (κ1) is 16.8. The summed E-state index contributed by atoms with van der Waals surface area (Å²) in [5.41, 5.74) is 3.06. The maximum atomic E-state index is 13.2. The lowest BCUT2D eigenvalue weighted by Gasteiger charge is -2.14. The molecule has 2 aromatic rings. The van der Waals surface area contributed by atoms with Gasteiger partial charge in [0.05, 0.1) is 5.75 Å². The lowest BCUT2D eigenvalue weighted by molar-refractivity contribution is 0.601. The second-order valence-electron chi connectivity index (χ2n) is 5.25. The molecule has 118 valence electrons. The number of hydrogen-bond acceptors (Lipinski definition) is 3. The van der Waals surface area contributed by atoms with Crippen LogP contribution in [0.5, 0.6) is 0 Å². The van der Waals surface area contributed by atoms with Crippen LogP contribution in [-0.2, 0) is 22.1 Å². The number of anilines is 1. The van der Waals surface area contributed by atoms with E-state index in [-0.39, 0.29) is 11.6 Å². The van der Waals surface area contributed by atoms with Gasteiger partial charge >= 0.3 is 0 Å². The molecular formula is C16H17ClFNO2S. The van der Waals surface area contributed by atoms with Gasteiger partial charge in [-0.1, -0.05) is 23.7 Å². The fourth-order valence-corrected chi connectivity index (χ4v) is 3.25. The largest absolute Gasteiger partial charge is 0.381 e. The normalized spacial score (nSPS) is 11.5. The van der Waals surface area contributed by atoms with E-state index in [1.807, 2.05) is 13.0 Å². The van der Waals surface area contributed by atoms with Gasteiger partial charge in [0.2, 0.25) is 0 Å². The number of halogens is 2. The van der Waals surface area contributed by atoms with Crippen LogP contribution in [-0.4, -0.2) is 14.7 Å². The highest BCUT2D eigenvalue weighted by Crippen LogP contribution is 2.23. The lowest BCUT2D eigenvalue weighted by Crippen LogP contribution is -2.06. The fraction of sp³-hybridized carbons (Fsp3) is 0.250. The molecule has 6 heteroatoms. The topological polar surface area (TPSA) is 46.2 Å². The zero-order valence-electron chi connectivity index (χ0n) is 12.4. The molecule has 0 aliphatic carbocycles. The van der Waals surface area contributed by atoms with E-state index in [4.69, 9.17) is 11.6 Å². The molecule has 1 N–H and O–H groups in total. The zero-order chi connectivity index (χ0) is 16.3. The lowest BCUT2D eigenvalue weighted by atomic mass is 10.1. The standard InChI is InChI=1S/C16H17ClFNO2S/c1-11-12(10-22(2,20)21)4-3-5-16(11)19-9-13-8-14(18)6-7-15(13)17/h3-8,19H,9-10H2,1-2H3. The molecule has 22 heavy (non-hydrogen) atoms. The monoisotopic (exact) mass is 341 g/mol. The summed E-state index contributed by atoms with van der Waals surface area (Å²) in [4.78, 5) is 0. The minimum absolute atomic E-state index is 0.00489. The molecule has 0 aliphatic heterocycles. The van der Waals surface area contributed by atoms with Crippen molar-refractivity contribution in [3.63, 3.8) is 0 Å². The first-order chi connectivity index (χ1) is 10.3. The first-order valence-corrected chi connectivity index (χ1v) is 9.14. The van der Waals surface area contributed by atoms with Crippen molar-refractivity contribution in [1.82, 2.24) is 0 Å². The SMILES string of the molecule is Cc1c(CS(C)(=O)=O)cccc1NCc1cc(F)ccc1Cl. The van der Waals surface area contributed by atoms with Crippen LogP contribution in [0.3, 0.4) is 0 Å². The third kappa shape index (κ3) is 4.45. The van der Waals surface area contributed by atoms with E-state index < -0.39 is 9.84 Å². The highest BCUT2D eigenvalue weighted by Gasteiger charge is 2.10. The summed E-state index contributed by atoms with van der Waals surface area (Å²) in [5.74, 6) is -0.349. The fourth-order valence-electron chi connectivity index (χ4n) is 2.18. The summed E-state index contributed by atoms with van der Waals surface area (Å²) in [6, 6.07) is 9.64. The molecule has 0 aromatic heterocycles. The van der Waals surface area contributed by atoms with Crippen LogP contribution in [0.4, 0.5) is 10.1 Å². The molecule has 2 aromatic carbocycles. The third-order valence-electron chi connectivity index (χ3n) is 3.34. The van der Waals surface area contributed by atoms with Crippen LogP contribution in [0, 0.1) is 12.7 Å². The van der Waals surface area contributed by atoms with E-state index in [2.05, 4.69) is 5.32 Å². The molecule has 0 atom stereocenters. The van der Waals surface area contributed by atoms with Crippen LogP contribution in [0.15, 0.2) is 36.4 Å². The van der Waals surface area contributed by atoms with Gasteiger partial charge in [0, 0.05) is 23.5 Å². The van der Waals surface area contributed by atoms with Crippen LogP contribution in [0.2, 0.25) is 5.02 Å². The van der Waals surface area contributed by atoms with E-state index in [9.17, 15) is 12.8 Å². The maximum absolute atomic E-state index is 13.2. The zero-order valence-corrected chi connectivity index (χ0v) is 13.9. The molecule has 0 unspecified atom stereocenters. The Morgan fingerprint density at radius 3 is 2.59 bits per heavy atom. The maximum Gasteiger partial charge on any atom is 0.151 e. The van der Waals surface area contributed by atoms with Crippen LogP contribution >= 0.6 is 11.6 Å². The summed E-state index contributed by atoms with van der Waals surface area (Å²) in [6.45, 7) is 2.22. The van der Waals surface area contributed by atoms with E-state index in [0.717, 1.165) is 16.8 Å². The van der Waals surface area contributed by atoms with Crippen molar-refractivity contribution in [3.8, 4) is 0 Å². The Morgan fingerprint density at radius 2 is 1.91 bits per heavy atom. The van der Waals surface area contributed by atoms with E-state index in [1.165, 1.54) is 24.5 Å². The second kappa shape index (κ2) is 6.67. The molecule has 0 spiro atoms. The van der Waals surface area contributed by atoms with Gasteiger partial charge in [0.1, 0.15) is 5.82 Å². The molecule has 3 nitrogen and oxygen atoms in total. The summed E-state index contributed by atoms with van der Waals surface area (Å²) in [7, 11) is -3.09. The Morgan fingerprint density at radius 1 is 1.18 bits per heavy atom. The van der Waals surface area contributed by atoms with Gasteiger partial charge in [-0.2, -0.15) is 0 Å². The number of nitrogens with one attached hydrogen (secondary N) is 1. The number of hydrogen-bond donors (Lipinski definition) is 1. The average molecular weight is 342 g/mol. The van der Waals surface area contributed by atoms with Crippen LogP contribution < -0.4 is 5.32 Å². The van der Waals surface area contributed by atoms with E-state index in [0.29, 0.717) is 17.1 Å². The summed E-state index contributed by atoms with van der Waals surface area (Å²) < 4.78 is 36.1. The summed E-state index contributed by atoms with van der Waals surface area (Å²) >= 11 is 6.03. The highest BCUT2D eigenvalue weighted by molar-refractivity contribution is 7.89. The molecule has 0 amide bonds. The second-order valence-corrected chi connectivity index (χ2v) is 7.80. The van der Waals surface area contributed by atoms with Crippen molar-refractivity contribution in [1.29, 1.82) is 0 Å². The Hall–Kier alpha value is -1.59. The van der Waals surface area contributed by atoms with Gasteiger partial charge in [0.25, 0.3) is 0 Å². The minimum Gasteiger partial charge on any atom is -0.381 e. The molecule has 0 saturated carbocycles. The number of sulfone groups is 1. The molecule has 0 heterocycles. The molecule has 0 fully saturated rings. The predicted octanol–water partition coefficient (Wildman–Crippen LogP) is 3.94. The predicted molar refractivity (Wildman–Crippen MR) is 88.5 cm³/mol. The van der Waals surface area contributed by atoms with Crippen LogP contribution in [0.25, 0.3) is 0 Å². The van der Waals surface area contributed by atoms with E-state index in [1.54, 1.807) is 12.1 Å². The average Bonchev–Trinajstić information content (AvgIpc) is 2.42. The molecule has 0 aliphatic rings. The minimum atomic E-state index is -3.09. The van der Waals surface area contributed by atoms with Gasteiger partial charge in [-0.05, 0) is 47.9 Å². The van der Waals surface area contributed by atoms with Gasteiger partial charge in [-0.3, -0.25) is 0 Å². The van der Waals surface area contributed by atoms with E-state index >= 15 is 0 Å². The smallest absolute Gasteiger partial charge is 0.151 e. The van der Waals surface area contributed by atoms with Crippen molar-refractivity contribution in [2.24, 2.45) is 0 Å². The summed E-state index contributed by atoms with van der Waals surface area (Å²) in [5, 5.41) is 3.66. The highest BCUT2D eigenvalue weighted by atomic mass is 35.5. The number of benzene rings is 2. The van der Waals surface area contributed by atoms with Crippen molar-refractivity contribution in [2.75, 3.05) is 11.6 Å². The molecule has 0 saturated heterocycles. The van der Waals surface area contributed by atoms with Gasteiger partial charge in [0.15, 0.2) is 9.84 Å². The van der Waals surface area contributed by atoms with Crippen molar-refractivity contribution in [2.45, 2.75) is 19.2 Å². The van der Waals surface area contributed by atoms with Gasteiger partial charge in [-0.25, -0.2) is 12.8 Å². The Kier molecular flexibility index (Phi) is 5.08.